The van der Waals surface area contributed by atoms with E-state index in [0.29, 0.717) is 6.04 Å². The van der Waals surface area contributed by atoms with E-state index in [0.717, 1.165) is 23.7 Å². The summed E-state index contributed by atoms with van der Waals surface area (Å²) in [6.45, 7) is 2.24. The number of nitrogens with zero attached hydrogens (tertiary/aromatic N) is 2. The first kappa shape index (κ1) is 12.9. The molecular weight excluding hydrogens is 268 g/mol. The van der Waals surface area contributed by atoms with Gasteiger partial charge in [0, 0.05) is 23.5 Å². The van der Waals surface area contributed by atoms with Gasteiger partial charge in [-0.25, -0.2) is 4.98 Å². The van der Waals surface area contributed by atoms with Crippen molar-refractivity contribution in [3.8, 4) is 11.4 Å². The van der Waals surface area contributed by atoms with Gasteiger partial charge in [-0.1, -0.05) is 30.3 Å². The monoisotopic (exact) mass is 292 g/mol. The molecule has 0 radical (unpaired) electrons. The molecule has 2 aromatic rings. The van der Waals surface area contributed by atoms with Gasteiger partial charge in [-0.3, -0.25) is 0 Å². The summed E-state index contributed by atoms with van der Waals surface area (Å²) in [4.78, 5) is 4.78. The number of aromatic nitrogens is 2. The first-order valence-electron chi connectivity index (χ1n) is 8.89. The topological polar surface area (TPSA) is 17.8 Å². The molecule has 4 bridgehead atoms. The van der Waals surface area contributed by atoms with Gasteiger partial charge in [-0.05, 0) is 62.7 Å². The molecule has 0 saturated heterocycles. The minimum absolute atomic E-state index is 0.700. The van der Waals surface area contributed by atoms with Crippen molar-refractivity contribution in [2.75, 3.05) is 0 Å². The molecule has 22 heavy (non-hydrogen) atoms. The van der Waals surface area contributed by atoms with Crippen molar-refractivity contribution in [1.82, 2.24) is 9.55 Å². The van der Waals surface area contributed by atoms with Crippen molar-refractivity contribution in [2.45, 2.75) is 45.1 Å². The van der Waals surface area contributed by atoms with Gasteiger partial charge in [-0.2, -0.15) is 0 Å². The molecular formula is C20H24N2. The summed E-state index contributed by atoms with van der Waals surface area (Å²) in [6, 6.07) is 11.4. The summed E-state index contributed by atoms with van der Waals surface area (Å²) in [5.41, 5.74) is 2.61. The summed E-state index contributed by atoms with van der Waals surface area (Å²) in [6.07, 6.45) is 9.45. The number of hydrogen-bond donors (Lipinski definition) is 0. The van der Waals surface area contributed by atoms with E-state index < -0.39 is 0 Å². The van der Waals surface area contributed by atoms with Gasteiger partial charge in [0.05, 0.1) is 0 Å². The van der Waals surface area contributed by atoms with Gasteiger partial charge in [0.15, 0.2) is 0 Å². The van der Waals surface area contributed by atoms with E-state index in [-0.39, 0.29) is 0 Å². The van der Waals surface area contributed by atoms with Crippen molar-refractivity contribution in [2.24, 2.45) is 23.7 Å². The van der Waals surface area contributed by atoms with Gasteiger partial charge in [-0.15, -0.1) is 0 Å². The number of rotatable bonds is 2. The van der Waals surface area contributed by atoms with Crippen LogP contribution in [0.5, 0.6) is 0 Å². The molecule has 4 saturated carbocycles. The third-order valence-electron chi connectivity index (χ3n) is 6.49. The Morgan fingerprint density at radius 3 is 2.18 bits per heavy atom. The second-order valence-electron chi connectivity index (χ2n) is 7.88. The van der Waals surface area contributed by atoms with Crippen molar-refractivity contribution in [1.29, 1.82) is 0 Å². The van der Waals surface area contributed by atoms with Crippen LogP contribution in [0.3, 0.4) is 0 Å². The molecule has 4 aliphatic rings. The van der Waals surface area contributed by atoms with E-state index in [1.807, 2.05) is 0 Å². The fraction of sp³-hybridized carbons (Fsp3) is 0.550. The normalized spacial score (nSPS) is 36.0. The molecule has 1 heterocycles. The second-order valence-corrected chi connectivity index (χ2v) is 7.88. The summed E-state index contributed by atoms with van der Waals surface area (Å²) in [7, 11) is 0. The lowest BCUT2D eigenvalue weighted by atomic mass is 9.54. The van der Waals surface area contributed by atoms with Crippen LogP contribution in [0.15, 0.2) is 36.5 Å². The van der Waals surface area contributed by atoms with Crippen LogP contribution in [0, 0.1) is 30.6 Å². The maximum atomic E-state index is 4.78. The highest BCUT2D eigenvalue weighted by atomic mass is 15.1. The molecule has 2 heteroatoms. The second kappa shape index (κ2) is 4.71. The summed E-state index contributed by atoms with van der Waals surface area (Å²) in [5.74, 6) is 5.04. The molecule has 0 unspecified atom stereocenters. The molecule has 0 N–H and O–H groups in total. The third-order valence-corrected chi connectivity index (χ3v) is 6.49. The molecule has 0 aliphatic heterocycles. The highest BCUT2D eigenvalue weighted by Crippen LogP contribution is 2.58. The Morgan fingerprint density at radius 1 is 0.909 bits per heavy atom. The zero-order valence-corrected chi connectivity index (χ0v) is 13.3. The van der Waals surface area contributed by atoms with E-state index in [9.17, 15) is 0 Å². The van der Waals surface area contributed by atoms with Crippen molar-refractivity contribution < 1.29 is 0 Å². The molecule has 6 rings (SSSR count). The van der Waals surface area contributed by atoms with Crippen molar-refractivity contribution in [3.05, 3.63) is 42.2 Å². The Bertz CT molecular complexity index is 657. The number of hydrogen-bond acceptors (Lipinski definition) is 1. The molecule has 2 nitrogen and oxygen atoms in total. The van der Waals surface area contributed by atoms with E-state index in [2.05, 4.69) is 48.0 Å². The maximum Gasteiger partial charge on any atom is 0.140 e. The molecule has 114 valence electrons. The van der Waals surface area contributed by atoms with E-state index in [4.69, 9.17) is 4.98 Å². The van der Waals surface area contributed by atoms with Crippen molar-refractivity contribution in [3.63, 3.8) is 0 Å². The van der Waals surface area contributed by atoms with E-state index >= 15 is 0 Å². The van der Waals surface area contributed by atoms with Gasteiger partial charge in [0.25, 0.3) is 0 Å². The Kier molecular flexibility index (Phi) is 2.77. The lowest BCUT2D eigenvalue weighted by Gasteiger charge is -2.55. The SMILES string of the molecule is Cc1cnc(-c2ccccc2)n1C1C2CC3CC(C2)CC1C3. The van der Waals surface area contributed by atoms with Gasteiger partial charge in [0.1, 0.15) is 5.82 Å². The van der Waals surface area contributed by atoms with Crippen LogP contribution >= 0.6 is 0 Å². The average Bonchev–Trinajstić information content (AvgIpc) is 2.89. The van der Waals surface area contributed by atoms with Crippen LogP contribution in [0.25, 0.3) is 11.4 Å². The van der Waals surface area contributed by atoms with Crippen LogP contribution in [-0.2, 0) is 0 Å². The molecule has 0 amide bonds. The zero-order valence-electron chi connectivity index (χ0n) is 13.3. The Hall–Kier alpha value is -1.57. The van der Waals surface area contributed by atoms with Crippen molar-refractivity contribution >= 4 is 0 Å². The quantitative estimate of drug-likeness (QED) is 0.773. The highest BCUT2D eigenvalue weighted by Gasteiger charge is 2.49. The highest BCUT2D eigenvalue weighted by molar-refractivity contribution is 5.56. The number of imidazole rings is 1. The zero-order chi connectivity index (χ0) is 14.7. The molecule has 1 aromatic carbocycles. The summed E-state index contributed by atoms with van der Waals surface area (Å²) in [5, 5.41) is 0. The summed E-state index contributed by atoms with van der Waals surface area (Å²) < 4.78 is 2.60. The predicted octanol–water partition coefficient (Wildman–Crippen LogP) is 4.86. The molecule has 4 fully saturated rings. The molecule has 1 aromatic heterocycles. The predicted molar refractivity (Wildman–Crippen MR) is 88.5 cm³/mol. The first-order chi connectivity index (χ1) is 10.8. The molecule has 0 atom stereocenters. The minimum Gasteiger partial charge on any atom is -0.325 e. The molecule has 0 spiro atoms. The minimum atomic E-state index is 0.700. The van der Waals surface area contributed by atoms with Crippen LogP contribution in [0.2, 0.25) is 0 Å². The fourth-order valence-electron chi connectivity index (χ4n) is 5.94. The fourth-order valence-corrected chi connectivity index (χ4v) is 5.94. The number of aryl methyl sites for hydroxylation is 1. The maximum absolute atomic E-state index is 4.78. The van der Waals surface area contributed by atoms with E-state index in [1.54, 1.807) is 0 Å². The largest absolute Gasteiger partial charge is 0.325 e. The smallest absolute Gasteiger partial charge is 0.140 e. The van der Waals surface area contributed by atoms with Crippen LogP contribution < -0.4 is 0 Å². The van der Waals surface area contributed by atoms with Gasteiger partial charge >= 0.3 is 0 Å². The Balaban J connectivity index is 1.60. The standard InChI is InChI=1S/C20H24N2/c1-13-12-21-20(16-5-3-2-4-6-16)22(13)19-17-8-14-7-15(10-17)11-18(19)9-14/h2-6,12,14-15,17-19H,7-11H2,1H3. The Labute approximate surface area is 132 Å². The van der Waals surface area contributed by atoms with Gasteiger partial charge in [0.2, 0.25) is 0 Å². The Morgan fingerprint density at radius 2 is 1.55 bits per heavy atom. The average molecular weight is 292 g/mol. The lowest BCUT2D eigenvalue weighted by molar-refractivity contribution is -0.0291. The third kappa shape index (κ3) is 1.82. The molecule has 4 aliphatic carbocycles. The van der Waals surface area contributed by atoms with Crippen LogP contribution in [0.1, 0.15) is 43.8 Å². The summed E-state index contributed by atoms with van der Waals surface area (Å²) >= 11 is 0. The lowest BCUT2D eigenvalue weighted by Crippen LogP contribution is -2.46. The van der Waals surface area contributed by atoms with Crippen LogP contribution in [0.4, 0.5) is 0 Å². The van der Waals surface area contributed by atoms with Crippen LogP contribution in [-0.4, -0.2) is 9.55 Å². The first-order valence-corrected chi connectivity index (χ1v) is 8.89. The van der Waals surface area contributed by atoms with Gasteiger partial charge < -0.3 is 4.57 Å². The number of benzene rings is 1. The van der Waals surface area contributed by atoms with E-state index in [1.165, 1.54) is 49.2 Å².